The average Bonchev–Trinajstić information content (AvgIpc) is 3.41. The second kappa shape index (κ2) is 7.25. The number of urea groups is 1. The maximum absolute atomic E-state index is 12.4. The Morgan fingerprint density at radius 1 is 1.27 bits per heavy atom. The Balaban J connectivity index is 1.33. The fraction of sp³-hybridized carbons (Fsp3) is 0.389. The van der Waals surface area contributed by atoms with Crippen molar-refractivity contribution in [1.29, 1.82) is 0 Å². The number of amides is 3. The van der Waals surface area contributed by atoms with Gasteiger partial charge in [-0.05, 0) is 30.5 Å². The van der Waals surface area contributed by atoms with Gasteiger partial charge in [0, 0.05) is 35.3 Å². The van der Waals surface area contributed by atoms with Gasteiger partial charge in [-0.25, -0.2) is 9.78 Å². The molecule has 0 unspecified atom stereocenters. The van der Waals surface area contributed by atoms with Crippen LogP contribution in [-0.2, 0) is 24.3 Å². The predicted molar refractivity (Wildman–Crippen MR) is 101 cm³/mol. The van der Waals surface area contributed by atoms with Crippen LogP contribution >= 0.6 is 22.9 Å². The third-order valence-electron chi connectivity index (χ3n) is 4.55. The number of hydrogen-bond acceptors (Lipinski definition) is 4. The molecular formula is C18H19ClN4O2S. The third-order valence-corrected chi connectivity index (χ3v) is 5.80. The number of benzene rings is 1. The second-order valence-electron chi connectivity index (χ2n) is 6.61. The second-order valence-corrected chi connectivity index (χ2v) is 8.13. The molecule has 3 amide bonds. The molecule has 0 spiro atoms. The summed E-state index contributed by atoms with van der Waals surface area (Å²) in [7, 11) is 0. The van der Waals surface area contributed by atoms with E-state index >= 15 is 0 Å². The predicted octanol–water partition coefficient (Wildman–Crippen LogP) is 3.41. The highest BCUT2D eigenvalue weighted by molar-refractivity contribution is 7.15. The molecule has 0 bridgehead atoms. The van der Waals surface area contributed by atoms with Gasteiger partial charge in [0.25, 0.3) is 0 Å². The number of nitrogens with zero attached hydrogens (tertiary/aromatic N) is 2. The Morgan fingerprint density at radius 2 is 2.04 bits per heavy atom. The van der Waals surface area contributed by atoms with Crippen molar-refractivity contribution in [2.45, 2.75) is 32.4 Å². The van der Waals surface area contributed by atoms with Gasteiger partial charge in [0.1, 0.15) is 0 Å². The van der Waals surface area contributed by atoms with Gasteiger partial charge in [0.2, 0.25) is 5.91 Å². The summed E-state index contributed by atoms with van der Waals surface area (Å²) >= 11 is 7.34. The molecule has 6 nitrogen and oxygen atoms in total. The first kappa shape index (κ1) is 17.3. The zero-order chi connectivity index (χ0) is 18.1. The number of fused-ring (bicyclic) bond motifs is 1. The lowest BCUT2D eigenvalue weighted by molar-refractivity contribution is -0.117. The van der Waals surface area contributed by atoms with Crippen molar-refractivity contribution in [3.05, 3.63) is 45.4 Å². The van der Waals surface area contributed by atoms with E-state index < -0.39 is 0 Å². The average molecular weight is 391 g/mol. The summed E-state index contributed by atoms with van der Waals surface area (Å²) in [6.45, 7) is 1.61. The fourth-order valence-electron chi connectivity index (χ4n) is 2.87. The van der Waals surface area contributed by atoms with Gasteiger partial charge in [0.15, 0.2) is 5.13 Å². The molecule has 1 saturated carbocycles. The van der Waals surface area contributed by atoms with Gasteiger partial charge >= 0.3 is 6.03 Å². The van der Waals surface area contributed by atoms with Crippen LogP contribution < -0.4 is 10.6 Å². The SMILES string of the molecule is O=C(Nc1nc2c(s1)CN(C(=O)NCc1ccc(Cl)cc1)CC2)C1CC1. The van der Waals surface area contributed by atoms with E-state index in [1.54, 1.807) is 4.90 Å². The van der Waals surface area contributed by atoms with Crippen LogP contribution in [0.25, 0.3) is 0 Å². The lowest BCUT2D eigenvalue weighted by Gasteiger charge is -2.26. The number of halogens is 1. The zero-order valence-corrected chi connectivity index (χ0v) is 15.7. The van der Waals surface area contributed by atoms with Crippen molar-refractivity contribution in [2.24, 2.45) is 5.92 Å². The molecule has 1 aliphatic carbocycles. The lowest BCUT2D eigenvalue weighted by atomic mass is 10.2. The molecular weight excluding hydrogens is 372 g/mol. The van der Waals surface area contributed by atoms with Crippen LogP contribution in [0.2, 0.25) is 5.02 Å². The molecule has 1 fully saturated rings. The number of aromatic nitrogens is 1. The smallest absolute Gasteiger partial charge is 0.318 e. The van der Waals surface area contributed by atoms with Crippen LogP contribution in [0.1, 0.15) is 29.0 Å². The highest BCUT2D eigenvalue weighted by atomic mass is 35.5. The quantitative estimate of drug-likeness (QED) is 0.840. The lowest BCUT2D eigenvalue weighted by Crippen LogP contribution is -2.42. The molecule has 4 rings (SSSR count). The highest BCUT2D eigenvalue weighted by Crippen LogP contribution is 2.33. The molecule has 0 saturated heterocycles. The van der Waals surface area contributed by atoms with Gasteiger partial charge < -0.3 is 15.5 Å². The number of carbonyl (C=O) groups is 2. The molecule has 2 aliphatic rings. The summed E-state index contributed by atoms with van der Waals surface area (Å²) in [5.74, 6) is 0.222. The number of nitrogens with one attached hydrogen (secondary N) is 2. The van der Waals surface area contributed by atoms with Gasteiger partial charge in [-0.15, -0.1) is 0 Å². The highest BCUT2D eigenvalue weighted by Gasteiger charge is 2.31. The maximum atomic E-state index is 12.4. The molecule has 1 aliphatic heterocycles. The van der Waals surface area contributed by atoms with E-state index in [1.165, 1.54) is 11.3 Å². The van der Waals surface area contributed by atoms with Crippen molar-refractivity contribution in [3.63, 3.8) is 0 Å². The summed E-state index contributed by atoms with van der Waals surface area (Å²) < 4.78 is 0. The molecule has 1 aromatic heterocycles. The molecule has 1 aromatic carbocycles. The van der Waals surface area contributed by atoms with Crippen LogP contribution in [0.15, 0.2) is 24.3 Å². The van der Waals surface area contributed by atoms with E-state index in [2.05, 4.69) is 15.6 Å². The minimum absolute atomic E-state index is 0.0636. The normalized spacial score (nSPS) is 16.1. The van der Waals surface area contributed by atoms with E-state index in [0.29, 0.717) is 36.2 Å². The molecule has 0 atom stereocenters. The first-order chi connectivity index (χ1) is 12.6. The summed E-state index contributed by atoms with van der Waals surface area (Å²) in [6, 6.07) is 7.32. The Morgan fingerprint density at radius 3 is 2.77 bits per heavy atom. The first-order valence-corrected chi connectivity index (χ1v) is 9.84. The third kappa shape index (κ3) is 3.99. The van der Waals surface area contributed by atoms with Gasteiger partial charge in [0.05, 0.1) is 12.2 Å². The number of anilines is 1. The van der Waals surface area contributed by atoms with E-state index in [4.69, 9.17) is 11.6 Å². The topological polar surface area (TPSA) is 74.3 Å². The van der Waals surface area contributed by atoms with E-state index in [9.17, 15) is 9.59 Å². The Bertz CT molecular complexity index is 832. The summed E-state index contributed by atoms with van der Waals surface area (Å²) in [4.78, 5) is 31.6. The molecule has 2 N–H and O–H groups in total. The van der Waals surface area contributed by atoms with Crippen LogP contribution in [0, 0.1) is 5.92 Å². The minimum atomic E-state index is -0.0948. The van der Waals surface area contributed by atoms with Crippen LogP contribution in [0.4, 0.5) is 9.93 Å². The fourth-order valence-corrected chi connectivity index (χ4v) is 4.02. The molecule has 2 aromatic rings. The Hall–Kier alpha value is -2.12. The monoisotopic (exact) mass is 390 g/mol. The Kier molecular flexibility index (Phi) is 4.82. The summed E-state index contributed by atoms with van der Waals surface area (Å²) in [5, 5.41) is 7.16. The standard InChI is InChI=1S/C18H19ClN4O2S/c19-13-5-1-11(2-6-13)9-20-18(25)23-8-7-14-15(10-23)26-17(21-14)22-16(24)12-3-4-12/h1-2,5-6,12H,3-4,7-10H2,(H,20,25)(H,21,22,24). The van der Waals surface area contributed by atoms with E-state index in [1.807, 2.05) is 24.3 Å². The molecule has 136 valence electrons. The molecule has 2 heterocycles. The largest absolute Gasteiger partial charge is 0.334 e. The Labute approximate surface area is 160 Å². The van der Waals surface area contributed by atoms with Crippen LogP contribution in [0.5, 0.6) is 0 Å². The van der Waals surface area contributed by atoms with Crippen molar-refractivity contribution in [1.82, 2.24) is 15.2 Å². The number of hydrogen-bond donors (Lipinski definition) is 2. The van der Waals surface area contributed by atoms with E-state index in [-0.39, 0.29) is 17.9 Å². The van der Waals surface area contributed by atoms with Crippen molar-refractivity contribution in [3.8, 4) is 0 Å². The van der Waals surface area contributed by atoms with Crippen molar-refractivity contribution >= 4 is 40.0 Å². The minimum Gasteiger partial charge on any atom is -0.334 e. The van der Waals surface area contributed by atoms with Crippen molar-refractivity contribution in [2.75, 3.05) is 11.9 Å². The summed E-state index contributed by atoms with van der Waals surface area (Å²) in [5.41, 5.74) is 1.99. The van der Waals surface area contributed by atoms with Gasteiger partial charge in [-0.2, -0.15) is 0 Å². The van der Waals surface area contributed by atoms with Gasteiger partial charge in [-0.1, -0.05) is 35.1 Å². The number of carbonyl (C=O) groups excluding carboxylic acids is 2. The maximum Gasteiger partial charge on any atom is 0.318 e. The van der Waals surface area contributed by atoms with Crippen LogP contribution in [-0.4, -0.2) is 28.4 Å². The van der Waals surface area contributed by atoms with E-state index in [0.717, 1.165) is 29.0 Å². The zero-order valence-electron chi connectivity index (χ0n) is 14.1. The summed E-state index contributed by atoms with van der Waals surface area (Å²) in [6.07, 6.45) is 2.65. The number of rotatable bonds is 4. The first-order valence-electron chi connectivity index (χ1n) is 8.65. The van der Waals surface area contributed by atoms with Gasteiger partial charge in [-0.3, -0.25) is 4.79 Å². The molecule has 8 heteroatoms. The van der Waals surface area contributed by atoms with Crippen molar-refractivity contribution < 1.29 is 9.59 Å². The van der Waals surface area contributed by atoms with Crippen LogP contribution in [0.3, 0.4) is 0 Å². The molecule has 0 radical (unpaired) electrons. The molecule has 26 heavy (non-hydrogen) atoms. The number of thiazole rings is 1.